The first kappa shape index (κ1) is 21.3. The van der Waals surface area contributed by atoms with Crippen molar-refractivity contribution in [2.45, 2.75) is 26.9 Å². The Morgan fingerprint density at radius 3 is 1.26 bits per heavy atom. The van der Waals surface area contributed by atoms with Crippen LogP contribution in [0.4, 0.5) is 0 Å². The van der Waals surface area contributed by atoms with Gasteiger partial charge in [0.25, 0.3) is 0 Å². The molecule has 2 aromatic heterocycles. The van der Waals surface area contributed by atoms with E-state index in [1.807, 2.05) is 82.2 Å². The number of ketones is 2. The largest absolute Gasteiger partial charge is 0.289 e. The zero-order chi connectivity index (χ0) is 25.7. The Bertz CT molecular complexity index is 1900. The zero-order valence-corrected chi connectivity index (χ0v) is 20.9. The molecule has 0 fully saturated rings. The van der Waals surface area contributed by atoms with Gasteiger partial charge in [-0.2, -0.15) is 10.2 Å². The number of carbonyl (C=O) groups is 2. The first-order valence-corrected chi connectivity index (χ1v) is 13.0. The lowest BCUT2D eigenvalue weighted by Gasteiger charge is -2.18. The van der Waals surface area contributed by atoms with Crippen molar-refractivity contribution in [3.05, 3.63) is 95.1 Å². The molecule has 182 valence electrons. The van der Waals surface area contributed by atoms with Crippen molar-refractivity contribution in [1.29, 1.82) is 0 Å². The second kappa shape index (κ2) is 7.35. The van der Waals surface area contributed by atoms with Gasteiger partial charge in [0.05, 0.1) is 11.4 Å². The number of fused-ring (bicyclic) bond motifs is 4. The topological polar surface area (TPSA) is 69.8 Å². The number of benzene rings is 4. The minimum Gasteiger partial charge on any atom is -0.289 e. The highest BCUT2D eigenvalue weighted by atomic mass is 16.1. The molecule has 0 spiro atoms. The molecule has 38 heavy (non-hydrogen) atoms. The lowest BCUT2D eigenvalue weighted by Crippen LogP contribution is -2.11. The minimum absolute atomic E-state index is 0.0231. The standard InChI is InChI=1S/C32H22N4O2/c1-3-35-29-19-9-5-7-11-21(19)31(37)23-15-13-17(27(33-35)25(23)29)18-14-16-24-26-28(18)34-36(4-2)30(26)20-10-6-8-12-22(20)32(24)38/h5-16H,3-4H2,1-2H3. The molecule has 0 amide bonds. The summed E-state index contributed by atoms with van der Waals surface area (Å²) in [6, 6.07) is 23.3. The zero-order valence-electron chi connectivity index (χ0n) is 20.9. The van der Waals surface area contributed by atoms with E-state index in [1.54, 1.807) is 0 Å². The van der Waals surface area contributed by atoms with Gasteiger partial charge in [0.15, 0.2) is 11.6 Å². The van der Waals surface area contributed by atoms with Crippen molar-refractivity contribution < 1.29 is 9.59 Å². The van der Waals surface area contributed by atoms with Crippen LogP contribution in [0.15, 0.2) is 72.8 Å². The van der Waals surface area contributed by atoms with Gasteiger partial charge in [-0.3, -0.25) is 19.0 Å². The maximum absolute atomic E-state index is 13.5. The SMILES string of the molecule is CCn1nc2c(-c3ccc4c5c(n(CC)nc35)-c3ccccc3C4=O)ccc3c2c1-c1ccccc1C3=O. The van der Waals surface area contributed by atoms with E-state index < -0.39 is 0 Å². The smallest absolute Gasteiger partial charge is 0.194 e. The van der Waals surface area contributed by atoms with E-state index in [1.165, 1.54) is 0 Å². The van der Waals surface area contributed by atoms with Crippen LogP contribution in [0.1, 0.15) is 45.7 Å². The van der Waals surface area contributed by atoms with E-state index in [-0.39, 0.29) is 11.6 Å². The third-order valence-corrected chi connectivity index (χ3v) is 8.02. The summed E-state index contributed by atoms with van der Waals surface area (Å²) in [7, 11) is 0. The number of hydrogen-bond donors (Lipinski definition) is 0. The van der Waals surface area contributed by atoms with Crippen molar-refractivity contribution in [1.82, 2.24) is 19.6 Å². The van der Waals surface area contributed by atoms with Gasteiger partial charge in [-0.05, 0) is 26.0 Å². The van der Waals surface area contributed by atoms with Crippen molar-refractivity contribution in [2.24, 2.45) is 0 Å². The predicted molar refractivity (Wildman–Crippen MR) is 148 cm³/mol. The summed E-state index contributed by atoms with van der Waals surface area (Å²) in [4.78, 5) is 27.0. The predicted octanol–water partition coefficient (Wildman–Crippen LogP) is 6.52. The maximum atomic E-state index is 13.5. The molecule has 6 nitrogen and oxygen atoms in total. The van der Waals surface area contributed by atoms with Crippen molar-refractivity contribution in [3.8, 4) is 33.6 Å². The first-order chi connectivity index (χ1) is 18.6. The maximum Gasteiger partial charge on any atom is 0.194 e. The Labute approximate surface area is 218 Å². The number of hydrogen-bond acceptors (Lipinski definition) is 4. The normalized spacial score (nSPS) is 13.3. The molecule has 6 aromatic rings. The summed E-state index contributed by atoms with van der Waals surface area (Å²) in [6.45, 7) is 5.50. The van der Waals surface area contributed by atoms with E-state index in [2.05, 4.69) is 13.8 Å². The summed E-state index contributed by atoms with van der Waals surface area (Å²) in [6.07, 6.45) is 0. The summed E-state index contributed by atoms with van der Waals surface area (Å²) in [5.74, 6) is 0.0462. The van der Waals surface area contributed by atoms with Crippen molar-refractivity contribution >= 4 is 33.4 Å². The van der Waals surface area contributed by atoms with E-state index in [4.69, 9.17) is 10.2 Å². The van der Waals surface area contributed by atoms with Crippen LogP contribution in [0, 0.1) is 0 Å². The Hall–Kier alpha value is -4.84. The van der Waals surface area contributed by atoms with E-state index in [9.17, 15) is 9.59 Å². The van der Waals surface area contributed by atoms with E-state index >= 15 is 0 Å². The Balaban J connectivity index is 1.48. The second-order valence-corrected chi connectivity index (χ2v) is 9.85. The molecule has 2 aliphatic rings. The fourth-order valence-electron chi connectivity index (χ4n) is 6.35. The third-order valence-electron chi connectivity index (χ3n) is 8.02. The monoisotopic (exact) mass is 494 g/mol. The molecule has 4 aromatic carbocycles. The quantitative estimate of drug-likeness (QED) is 0.281. The number of nitrogens with zero attached hydrogens (tertiary/aromatic N) is 4. The van der Waals surface area contributed by atoms with Gasteiger partial charge in [0.1, 0.15) is 11.0 Å². The molecule has 6 heteroatoms. The van der Waals surface area contributed by atoms with Crippen molar-refractivity contribution in [3.63, 3.8) is 0 Å². The van der Waals surface area contributed by atoms with Gasteiger partial charge in [-0.1, -0.05) is 60.7 Å². The van der Waals surface area contributed by atoms with Crippen LogP contribution in [-0.4, -0.2) is 31.1 Å². The van der Waals surface area contributed by atoms with Gasteiger partial charge in [-0.25, -0.2) is 0 Å². The third kappa shape index (κ3) is 2.47. The summed E-state index contributed by atoms with van der Waals surface area (Å²) in [5, 5.41) is 11.8. The molecule has 2 aliphatic carbocycles. The number of aryl methyl sites for hydroxylation is 2. The Kier molecular flexibility index (Phi) is 4.12. The average Bonchev–Trinajstić information content (AvgIpc) is 3.55. The van der Waals surface area contributed by atoms with E-state index in [0.29, 0.717) is 35.3 Å². The molecule has 0 N–H and O–H groups in total. The van der Waals surface area contributed by atoms with Crippen LogP contribution in [0.3, 0.4) is 0 Å². The summed E-state index contributed by atoms with van der Waals surface area (Å²) < 4.78 is 3.99. The minimum atomic E-state index is 0.0231. The van der Waals surface area contributed by atoms with Crippen LogP contribution < -0.4 is 0 Å². The molecule has 0 bridgehead atoms. The van der Waals surface area contributed by atoms with Gasteiger partial charge in [-0.15, -0.1) is 0 Å². The number of aromatic nitrogens is 4. The summed E-state index contributed by atoms with van der Waals surface area (Å²) in [5.41, 5.74) is 9.96. The van der Waals surface area contributed by atoms with Gasteiger partial charge in [0.2, 0.25) is 0 Å². The highest BCUT2D eigenvalue weighted by Crippen LogP contribution is 2.46. The molecule has 0 atom stereocenters. The van der Waals surface area contributed by atoms with Gasteiger partial charge in [0, 0.05) is 68.4 Å². The number of carbonyl (C=O) groups excluding carboxylic acids is 2. The molecule has 8 rings (SSSR count). The lowest BCUT2D eigenvalue weighted by molar-refractivity contribution is 0.103. The van der Waals surface area contributed by atoms with Gasteiger partial charge >= 0.3 is 0 Å². The fraction of sp³-hybridized carbons (Fsp3) is 0.125. The highest BCUT2D eigenvalue weighted by molar-refractivity contribution is 6.29. The second-order valence-electron chi connectivity index (χ2n) is 9.85. The number of rotatable bonds is 3. The fourth-order valence-corrected chi connectivity index (χ4v) is 6.35. The van der Waals surface area contributed by atoms with Gasteiger partial charge < -0.3 is 0 Å². The van der Waals surface area contributed by atoms with Crippen molar-refractivity contribution in [2.75, 3.05) is 0 Å². The van der Waals surface area contributed by atoms with Crippen LogP contribution in [0.25, 0.3) is 55.4 Å². The Morgan fingerprint density at radius 1 is 0.500 bits per heavy atom. The molecular formula is C32H22N4O2. The summed E-state index contributed by atoms with van der Waals surface area (Å²) >= 11 is 0. The van der Waals surface area contributed by atoms with E-state index in [0.717, 1.165) is 55.4 Å². The molecule has 0 aliphatic heterocycles. The first-order valence-electron chi connectivity index (χ1n) is 13.0. The lowest BCUT2D eigenvalue weighted by atomic mass is 9.83. The molecule has 0 saturated carbocycles. The van der Waals surface area contributed by atoms with Crippen LogP contribution in [0.2, 0.25) is 0 Å². The van der Waals surface area contributed by atoms with Crippen LogP contribution in [-0.2, 0) is 13.1 Å². The molecule has 2 heterocycles. The Morgan fingerprint density at radius 2 is 0.868 bits per heavy atom. The van der Waals surface area contributed by atoms with Crippen LogP contribution >= 0.6 is 0 Å². The highest BCUT2D eigenvalue weighted by Gasteiger charge is 2.33. The molecule has 0 unspecified atom stereocenters. The molecular weight excluding hydrogens is 472 g/mol. The average molecular weight is 495 g/mol. The molecule has 0 saturated heterocycles. The van der Waals surface area contributed by atoms with Crippen LogP contribution in [0.5, 0.6) is 0 Å². The molecule has 0 radical (unpaired) electrons.